The van der Waals surface area contributed by atoms with Gasteiger partial charge in [-0.2, -0.15) is 0 Å². The summed E-state index contributed by atoms with van der Waals surface area (Å²) in [6, 6.07) is 0. The molecule has 0 spiro atoms. The van der Waals surface area contributed by atoms with Gasteiger partial charge in [-0.3, -0.25) is 19.2 Å². The molecule has 0 saturated heterocycles. The molecular formula is C12H10O9. The van der Waals surface area contributed by atoms with Crippen LogP contribution in [-0.4, -0.2) is 50.6 Å². The van der Waals surface area contributed by atoms with Gasteiger partial charge in [-0.15, -0.1) is 0 Å². The topological polar surface area (TPSA) is 163 Å². The van der Waals surface area contributed by atoms with E-state index in [1.54, 1.807) is 0 Å². The van der Waals surface area contributed by atoms with Crippen LogP contribution in [0.4, 0.5) is 0 Å². The predicted octanol–water partition coefficient (Wildman–Crippen LogP) is -0.790. The number of carboxylic acids is 3. The second-order valence-corrected chi connectivity index (χ2v) is 3.65. The van der Waals surface area contributed by atoms with Crippen molar-refractivity contribution in [1.82, 2.24) is 0 Å². The standard InChI is InChI=1S/C12H10O9/c13-6(3-7(14)4-10(16)17)1-2-9(15)8(12(20)21)5-11(18)19/h1-2,5H,3-4H2,(H,16,17)(H,18,19)(H,20,21)/b2-1+,8-5+. The second-order valence-electron chi connectivity index (χ2n) is 3.65. The Hall–Kier alpha value is -3.10. The lowest BCUT2D eigenvalue weighted by molar-refractivity contribution is -0.140. The molecule has 112 valence electrons. The lowest BCUT2D eigenvalue weighted by atomic mass is 10.1. The summed E-state index contributed by atoms with van der Waals surface area (Å²) in [7, 11) is 0. The minimum Gasteiger partial charge on any atom is -0.481 e. The molecule has 0 heterocycles. The molecule has 21 heavy (non-hydrogen) atoms. The summed E-state index contributed by atoms with van der Waals surface area (Å²) in [6.45, 7) is 0. The lowest BCUT2D eigenvalue weighted by Gasteiger charge is -1.96. The maximum absolute atomic E-state index is 11.4. The fourth-order valence-corrected chi connectivity index (χ4v) is 1.10. The zero-order valence-electron chi connectivity index (χ0n) is 10.4. The van der Waals surface area contributed by atoms with Crippen molar-refractivity contribution < 1.29 is 44.1 Å². The minimum absolute atomic E-state index is 0.162. The molecule has 9 nitrogen and oxygen atoms in total. The van der Waals surface area contributed by atoms with Gasteiger partial charge < -0.3 is 15.3 Å². The normalized spacial score (nSPS) is 11.1. The summed E-state index contributed by atoms with van der Waals surface area (Å²) < 4.78 is 0. The van der Waals surface area contributed by atoms with Crippen LogP contribution in [0.15, 0.2) is 23.8 Å². The van der Waals surface area contributed by atoms with Crippen LogP contribution in [-0.2, 0) is 28.8 Å². The third-order valence-corrected chi connectivity index (χ3v) is 1.90. The van der Waals surface area contributed by atoms with Gasteiger partial charge in [0, 0.05) is 6.08 Å². The van der Waals surface area contributed by atoms with Gasteiger partial charge >= 0.3 is 17.9 Å². The van der Waals surface area contributed by atoms with E-state index < -0.39 is 53.7 Å². The molecule has 0 aromatic heterocycles. The first-order chi connectivity index (χ1) is 9.63. The fourth-order valence-electron chi connectivity index (χ4n) is 1.10. The van der Waals surface area contributed by atoms with Crippen LogP contribution in [0.25, 0.3) is 0 Å². The molecule has 0 bridgehead atoms. The van der Waals surface area contributed by atoms with Crippen molar-refractivity contribution >= 4 is 35.3 Å². The van der Waals surface area contributed by atoms with Crippen LogP contribution in [0.3, 0.4) is 0 Å². The van der Waals surface area contributed by atoms with Crippen LogP contribution in [0, 0.1) is 0 Å². The molecule has 0 fully saturated rings. The zero-order chi connectivity index (χ0) is 16.6. The maximum Gasteiger partial charge on any atom is 0.339 e. The molecule has 0 aromatic carbocycles. The highest BCUT2D eigenvalue weighted by atomic mass is 16.4. The number of carboxylic acid groups (broad SMARTS) is 3. The van der Waals surface area contributed by atoms with Crippen LogP contribution >= 0.6 is 0 Å². The number of carbonyl (C=O) groups excluding carboxylic acids is 3. The highest BCUT2D eigenvalue weighted by molar-refractivity contribution is 6.24. The number of hydrogen-bond acceptors (Lipinski definition) is 6. The smallest absolute Gasteiger partial charge is 0.339 e. The summed E-state index contributed by atoms with van der Waals surface area (Å²) in [5, 5.41) is 25.3. The Morgan fingerprint density at radius 1 is 0.810 bits per heavy atom. The Bertz CT molecular complexity index is 565. The van der Waals surface area contributed by atoms with Gasteiger partial charge in [0.2, 0.25) is 0 Å². The molecule has 0 amide bonds. The molecule has 0 radical (unpaired) electrons. The van der Waals surface area contributed by atoms with Gasteiger partial charge in [0.25, 0.3) is 0 Å². The third-order valence-electron chi connectivity index (χ3n) is 1.90. The average Bonchev–Trinajstić information content (AvgIpc) is 2.31. The zero-order valence-corrected chi connectivity index (χ0v) is 10.4. The largest absolute Gasteiger partial charge is 0.481 e. The molecule has 0 aliphatic rings. The summed E-state index contributed by atoms with van der Waals surface area (Å²) in [6.07, 6.45) is -0.372. The van der Waals surface area contributed by atoms with Gasteiger partial charge in [-0.05, 0) is 12.2 Å². The molecule has 0 atom stereocenters. The molecule has 0 saturated carbocycles. The van der Waals surface area contributed by atoms with Gasteiger partial charge in [-0.1, -0.05) is 0 Å². The molecule has 0 aromatic rings. The first-order valence-corrected chi connectivity index (χ1v) is 5.30. The molecular weight excluding hydrogens is 288 g/mol. The minimum atomic E-state index is -1.79. The highest BCUT2D eigenvalue weighted by Gasteiger charge is 2.17. The average molecular weight is 298 g/mol. The molecule has 0 aliphatic carbocycles. The number of rotatable bonds is 9. The number of hydrogen-bond donors (Lipinski definition) is 3. The Kier molecular flexibility index (Phi) is 6.94. The third kappa shape index (κ3) is 7.82. The SMILES string of the molecule is O=C(O)/C=C(/C(=O)O)C(=O)/C=C/C(=O)CC(=O)CC(=O)O. The van der Waals surface area contributed by atoms with Crippen molar-refractivity contribution in [2.45, 2.75) is 12.8 Å². The van der Waals surface area contributed by atoms with Crippen molar-refractivity contribution in [2.24, 2.45) is 0 Å². The van der Waals surface area contributed by atoms with E-state index in [0.29, 0.717) is 12.2 Å². The number of Topliss-reactive ketones (excluding diaryl/α,β-unsaturated/α-hetero) is 1. The first kappa shape index (κ1) is 17.9. The van der Waals surface area contributed by atoms with Gasteiger partial charge in [0.15, 0.2) is 17.3 Å². The van der Waals surface area contributed by atoms with Crippen LogP contribution in [0.5, 0.6) is 0 Å². The second kappa shape index (κ2) is 8.15. The van der Waals surface area contributed by atoms with E-state index in [0.717, 1.165) is 0 Å². The summed E-state index contributed by atoms with van der Waals surface area (Å²) in [4.78, 5) is 64.7. The monoisotopic (exact) mass is 298 g/mol. The first-order valence-electron chi connectivity index (χ1n) is 5.30. The Labute approximate surface area is 117 Å². The van der Waals surface area contributed by atoms with E-state index in [4.69, 9.17) is 15.3 Å². The van der Waals surface area contributed by atoms with E-state index >= 15 is 0 Å². The van der Waals surface area contributed by atoms with Crippen LogP contribution < -0.4 is 0 Å². The summed E-state index contributed by atoms with van der Waals surface area (Å²) in [5.74, 6) is -7.90. The van der Waals surface area contributed by atoms with Gasteiger partial charge in [-0.25, -0.2) is 9.59 Å². The van der Waals surface area contributed by atoms with Crippen molar-refractivity contribution in [2.75, 3.05) is 0 Å². The summed E-state index contributed by atoms with van der Waals surface area (Å²) >= 11 is 0. The van der Waals surface area contributed by atoms with Crippen molar-refractivity contribution in [1.29, 1.82) is 0 Å². The Morgan fingerprint density at radius 3 is 1.81 bits per heavy atom. The van der Waals surface area contributed by atoms with E-state index in [9.17, 15) is 28.8 Å². The predicted molar refractivity (Wildman–Crippen MR) is 64.4 cm³/mol. The van der Waals surface area contributed by atoms with Crippen LogP contribution in [0.2, 0.25) is 0 Å². The van der Waals surface area contributed by atoms with Gasteiger partial charge in [0.1, 0.15) is 12.0 Å². The van der Waals surface area contributed by atoms with Crippen molar-refractivity contribution in [3.63, 3.8) is 0 Å². The van der Waals surface area contributed by atoms with E-state index in [2.05, 4.69) is 0 Å². The van der Waals surface area contributed by atoms with Gasteiger partial charge in [0.05, 0.1) is 6.42 Å². The fraction of sp³-hybridized carbons (Fsp3) is 0.167. The summed E-state index contributed by atoms with van der Waals surface area (Å²) in [5.41, 5.74) is -1.07. The van der Waals surface area contributed by atoms with Crippen LogP contribution in [0.1, 0.15) is 12.8 Å². The molecule has 0 aliphatic heterocycles. The number of allylic oxidation sites excluding steroid dienone is 2. The van der Waals surface area contributed by atoms with Crippen molar-refractivity contribution in [3.05, 3.63) is 23.8 Å². The van der Waals surface area contributed by atoms with E-state index in [-0.39, 0.29) is 6.08 Å². The van der Waals surface area contributed by atoms with Crippen molar-refractivity contribution in [3.8, 4) is 0 Å². The Morgan fingerprint density at radius 2 is 1.38 bits per heavy atom. The van der Waals surface area contributed by atoms with E-state index in [1.165, 1.54) is 0 Å². The molecule has 3 N–H and O–H groups in total. The molecule has 0 rings (SSSR count). The van der Waals surface area contributed by atoms with E-state index in [1.807, 2.05) is 0 Å². The quantitative estimate of drug-likeness (QED) is 0.281. The lowest BCUT2D eigenvalue weighted by Crippen LogP contribution is -2.13. The Balaban J connectivity index is 4.79. The number of aliphatic carboxylic acids is 3. The molecule has 0 unspecified atom stereocenters. The number of ketones is 3. The maximum atomic E-state index is 11.4. The number of carbonyl (C=O) groups is 6. The highest BCUT2D eigenvalue weighted by Crippen LogP contribution is 2.00. The molecule has 9 heteroatoms.